The van der Waals surface area contributed by atoms with Crippen LogP contribution in [0.25, 0.3) is 22.3 Å². The standard InChI is InChI=1S/C29H32N2O3/c1-20-19-22(29(2,3)4)13-16-26(20)34-18-8-17-31-27(21-11-14-23(33-5)15-12-21)30-25-10-7-6-9-24(25)28(31)32/h6-7,9-16,19H,8,17-18H2,1-5H3. The van der Waals surface area contributed by atoms with Gasteiger partial charge in [-0.25, -0.2) is 4.98 Å². The molecular weight excluding hydrogens is 424 g/mol. The van der Waals surface area contributed by atoms with E-state index < -0.39 is 0 Å². The number of para-hydroxylation sites is 1. The van der Waals surface area contributed by atoms with E-state index in [1.807, 2.05) is 54.6 Å². The van der Waals surface area contributed by atoms with Gasteiger partial charge in [-0.3, -0.25) is 9.36 Å². The molecule has 1 aromatic heterocycles. The van der Waals surface area contributed by atoms with Crippen LogP contribution in [0.5, 0.6) is 11.5 Å². The zero-order valence-corrected chi connectivity index (χ0v) is 20.6. The summed E-state index contributed by atoms with van der Waals surface area (Å²) >= 11 is 0. The molecule has 0 saturated heterocycles. The summed E-state index contributed by atoms with van der Waals surface area (Å²) in [7, 11) is 1.64. The number of methoxy groups -OCH3 is 1. The summed E-state index contributed by atoms with van der Waals surface area (Å²) in [4.78, 5) is 18.2. The summed E-state index contributed by atoms with van der Waals surface area (Å²) in [5.74, 6) is 2.30. The van der Waals surface area contributed by atoms with Gasteiger partial charge in [-0.05, 0) is 72.4 Å². The van der Waals surface area contributed by atoms with Gasteiger partial charge in [0.2, 0.25) is 0 Å². The number of aromatic nitrogens is 2. The lowest BCUT2D eigenvalue weighted by Crippen LogP contribution is -2.24. The van der Waals surface area contributed by atoms with Gasteiger partial charge in [0.25, 0.3) is 5.56 Å². The summed E-state index contributed by atoms with van der Waals surface area (Å²) in [6.07, 6.45) is 0.684. The molecule has 0 radical (unpaired) electrons. The Morgan fingerprint density at radius 3 is 2.38 bits per heavy atom. The lowest BCUT2D eigenvalue weighted by atomic mass is 9.86. The SMILES string of the molecule is COc1ccc(-c2nc3ccccc3c(=O)n2CCCOc2ccc(C(C)(C)C)cc2C)cc1. The largest absolute Gasteiger partial charge is 0.497 e. The van der Waals surface area contributed by atoms with Crippen LogP contribution in [0.3, 0.4) is 0 Å². The number of nitrogens with zero attached hydrogens (tertiary/aromatic N) is 2. The van der Waals surface area contributed by atoms with Crippen LogP contribution in [0.15, 0.2) is 71.5 Å². The molecule has 0 aliphatic carbocycles. The summed E-state index contributed by atoms with van der Waals surface area (Å²) in [6.45, 7) is 9.71. The zero-order valence-electron chi connectivity index (χ0n) is 20.6. The Bertz CT molecular complexity index is 1350. The maximum absolute atomic E-state index is 13.4. The van der Waals surface area contributed by atoms with Crippen LogP contribution in [0, 0.1) is 6.92 Å². The number of rotatable bonds is 7. The molecule has 0 aliphatic heterocycles. The number of ether oxygens (including phenoxy) is 2. The van der Waals surface area contributed by atoms with Crippen molar-refractivity contribution in [1.82, 2.24) is 9.55 Å². The van der Waals surface area contributed by atoms with Crippen LogP contribution in [0.4, 0.5) is 0 Å². The van der Waals surface area contributed by atoms with Gasteiger partial charge < -0.3 is 9.47 Å². The maximum atomic E-state index is 13.4. The Labute approximate surface area is 201 Å². The molecule has 34 heavy (non-hydrogen) atoms. The molecule has 0 aliphatic rings. The first-order chi connectivity index (χ1) is 16.3. The van der Waals surface area contributed by atoms with Crippen LogP contribution in [-0.2, 0) is 12.0 Å². The third-order valence-electron chi connectivity index (χ3n) is 6.03. The van der Waals surface area contributed by atoms with Crippen molar-refractivity contribution in [2.24, 2.45) is 0 Å². The quantitative estimate of drug-likeness (QED) is 0.313. The van der Waals surface area contributed by atoms with E-state index in [0.29, 0.717) is 36.3 Å². The molecule has 0 amide bonds. The minimum atomic E-state index is -0.0397. The summed E-state index contributed by atoms with van der Waals surface area (Å²) < 4.78 is 13.1. The van der Waals surface area contributed by atoms with Gasteiger partial charge in [0.1, 0.15) is 17.3 Å². The van der Waals surface area contributed by atoms with Crippen LogP contribution >= 0.6 is 0 Å². The molecule has 1 heterocycles. The minimum absolute atomic E-state index is 0.0397. The molecule has 4 aromatic rings. The zero-order chi connectivity index (χ0) is 24.3. The van der Waals surface area contributed by atoms with Gasteiger partial charge in [0.05, 0.1) is 24.6 Å². The molecule has 0 bridgehead atoms. The van der Waals surface area contributed by atoms with E-state index >= 15 is 0 Å². The Morgan fingerprint density at radius 2 is 1.71 bits per heavy atom. The Morgan fingerprint density at radius 1 is 0.971 bits per heavy atom. The number of benzene rings is 3. The molecule has 176 valence electrons. The highest BCUT2D eigenvalue weighted by atomic mass is 16.5. The third-order valence-corrected chi connectivity index (χ3v) is 6.03. The summed E-state index contributed by atoms with van der Waals surface area (Å²) in [6, 6.07) is 21.5. The highest BCUT2D eigenvalue weighted by Gasteiger charge is 2.15. The van der Waals surface area contributed by atoms with E-state index in [4.69, 9.17) is 14.5 Å². The number of aryl methyl sites for hydroxylation is 1. The molecule has 0 fully saturated rings. The second-order valence-electron chi connectivity index (χ2n) is 9.57. The first-order valence-electron chi connectivity index (χ1n) is 11.7. The van der Waals surface area contributed by atoms with Crippen molar-refractivity contribution in [3.05, 3.63) is 88.2 Å². The smallest absolute Gasteiger partial charge is 0.261 e. The molecule has 0 saturated carbocycles. The van der Waals surface area contributed by atoms with Crippen LogP contribution in [0.1, 0.15) is 38.3 Å². The second-order valence-corrected chi connectivity index (χ2v) is 9.57. The Hall–Kier alpha value is -3.60. The van der Waals surface area contributed by atoms with Crippen LogP contribution in [-0.4, -0.2) is 23.3 Å². The van der Waals surface area contributed by atoms with Crippen molar-refractivity contribution in [3.63, 3.8) is 0 Å². The van der Waals surface area contributed by atoms with E-state index in [9.17, 15) is 4.79 Å². The van der Waals surface area contributed by atoms with Gasteiger partial charge in [-0.15, -0.1) is 0 Å². The first-order valence-corrected chi connectivity index (χ1v) is 11.7. The van der Waals surface area contributed by atoms with E-state index in [-0.39, 0.29) is 11.0 Å². The highest BCUT2D eigenvalue weighted by molar-refractivity contribution is 5.79. The van der Waals surface area contributed by atoms with E-state index in [1.165, 1.54) is 5.56 Å². The van der Waals surface area contributed by atoms with Gasteiger partial charge in [0, 0.05) is 12.1 Å². The topological polar surface area (TPSA) is 53.3 Å². The van der Waals surface area contributed by atoms with E-state index in [1.54, 1.807) is 11.7 Å². The molecule has 0 N–H and O–H groups in total. The molecule has 0 spiro atoms. The van der Waals surface area contributed by atoms with Gasteiger partial charge in [-0.1, -0.05) is 45.0 Å². The number of hydrogen-bond donors (Lipinski definition) is 0. The monoisotopic (exact) mass is 456 g/mol. The average molecular weight is 457 g/mol. The highest BCUT2D eigenvalue weighted by Crippen LogP contribution is 2.28. The molecule has 5 heteroatoms. The predicted molar refractivity (Wildman–Crippen MR) is 138 cm³/mol. The van der Waals surface area contributed by atoms with Crippen LogP contribution in [0.2, 0.25) is 0 Å². The molecular formula is C29H32N2O3. The normalized spacial score (nSPS) is 11.6. The molecule has 4 rings (SSSR count). The van der Waals surface area contributed by atoms with Crippen molar-refractivity contribution in [3.8, 4) is 22.9 Å². The number of hydrogen-bond acceptors (Lipinski definition) is 4. The van der Waals surface area contributed by atoms with Gasteiger partial charge in [-0.2, -0.15) is 0 Å². The summed E-state index contributed by atoms with van der Waals surface area (Å²) in [5.41, 5.74) is 4.04. The van der Waals surface area contributed by atoms with Crippen molar-refractivity contribution in [2.45, 2.75) is 46.1 Å². The second kappa shape index (κ2) is 9.72. The fraction of sp³-hybridized carbons (Fsp3) is 0.310. The van der Waals surface area contributed by atoms with Gasteiger partial charge in [0.15, 0.2) is 0 Å². The van der Waals surface area contributed by atoms with Crippen molar-refractivity contribution in [2.75, 3.05) is 13.7 Å². The lowest BCUT2D eigenvalue weighted by Gasteiger charge is -2.20. The Kier molecular flexibility index (Phi) is 6.73. The predicted octanol–water partition coefficient (Wildman–Crippen LogP) is 6.15. The van der Waals surface area contributed by atoms with E-state index in [2.05, 4.69) is 39.8 Å². The Balaban J connectivity index is 1.56. The fourth-order valence-electron chi connectivity index (χ4n) is 4.02. The minimum Gasteiger partial charge on any atom is -0.497 e. The summed E-state index contributed by atoms with van der Waals surface area (Å²) in [5, 5.41) is 0.620. The van der Waals surface area contributed by atoms with E-state index in [0.717, 1.165) is 22.6 Å². The third kappa shape index (κ3) is 4.98. The maximum Gasteiger partial charge on any atom is 0.261 e. The molecule has 5 nitrogen and oxygen atoms in total. The number of fused-ring (bicyclic) bond motifs is 1. The lowest BCUT2D eigenvalue weighted by molar-refractivity contribution is 0.299. The first kappa shape index (κ1) is 23.6. The molecule has 3 aromatic carbocycles. The van der Waals surface area contributed by atoms with Crippen molar-refractivity contribution >= 4 is 10.9 Å². The fourth-order valence-corrected chi connectivity index (χ4v) is 4.02. The average Bonchev–Trinajstić information content (AvgIpc) is 2.83. The molecule has 0 unspecified atom stereocenters. The van der Waals surface area contributed by atoms with Crippen molar-refractivity contribution in [1.29, 1.82) is 0 Å². The van der Waals surface area contributed by atoms with Crippen molar-refractivity contribution < 1.29 is 9.47 Å². The van der Waals surface area contributed by atoms with Gasteiger partial charge >= 0.3 is 0 Å². The molecule has 0 atom stereocenters. The van der Waals surface area contributed by atoms with Crippen LogP contribution < -0.4 is 15.0 Å².